The van der Waals surface area contributed by atoms with Gasteiger partial charge in [0.25, 0.3) is 0 Å². The molecule has 0 saturated heterocycles. The third kappa shape index (κ3) is 3.59. The molecule has 0 unspecified atom stereocenters. The van der Waals surface area contributed by atoms with Crippen LogP contribution in [0.1, 0.15) is 20.7 Å². The number of halogens is 2. The van der Waals surface area contributed by atoms with Gasteiger partial charge in [-0.2, -0.15) is 0 Å². The monoisotopic (exact) mass is 308 g/mol. The Bertz CT molecular complexity index is 639. The highest BCUT2D eigenvalue weighted by Gasteiger charge is 2.12. The Morgan fingerprint density at radius 2 is 1.60 bits per heavy atom. The van der Waals surface area contributed by atoms with E-state index >= 15 is 0 Å². The van der Waals surface area contributed by atoms with E-state index in [2.05, 4.69) is 0 Å². The van der Waals surface area contributed by atoms with E-state index in [-0.39, 0.29) is 23.0 Å². The van der Waals surface area contributed by atoms with E-state index in [1.807, 2.05) is 0 Å². The molecule has 0 fully saturated rings. The highest BCUT2D eigenvalue weighted by atomic mass is 35.5. The highest BCUT2D eigenvalue weighted by Crippen LogP contribution is 2.22. The fourth-order valence-corrected chi connectivity index (χ4v) is 1.84. The Morgan fingerprint density at radius 1 is 0.900 bits per heavy atom. The molecule has 0 aliphatic heterocycles. The average Bonchev–Trinajstić information content (AvgIpc) is 2.48. The van der Waals surface area contributed by atoms with Crippen LogP contribution in [0, 0.1) is 0 Å². The highest BCUT2D eigenvalue weighted by molar-refractivity contribution is 6.42. The van der Waals surface area contributed by atoms with E-state index in [1.165, 1.54) is 18.2 Å². The van der Waals surface area contributed by atoms with E-state index < -0.39 is 5.97 Å². The van der Waals surface area contributed by atoms with Crippen molar-refractivity contribution in [2.24, 2.45) is 0 Å². The number of ether oxygens (including phenoxy) is 1. The van der Waals surface area contributed by atoms with Gasteiger partial charge in [0.05, 0.1) is 15.6 Å². The third-order valence-corrected chi connectivity index (χ3v) is 3.32. The van der Waals surface area contributed by atoms with Gasteiger partial charge in [0.15, 0.2) is 12.4 Å². The number of hydrogen-bond acceptors (Lipinski definition) is 3. The largest absolute Gasteiger partial charge is 0.454 e. The maximum atomic E-state index is 11.8. The summed E-state index contributed by atoms with van der Waals surface area (Å²) in [5.41, 5.74) is 0.745. The van der Waals surface area contributed by atoms with Crippen LogP contribution in [0.4, 0.5) is 0 Å². The minimum Gasteiger partial charge on any atom is -0.454 e. The topological polar surface area (TPSA) is 43.4 Å². The molecule has 5 heteroatoms. The molecule has 0 N–H and O–H groups in total. The van der Waals surface area contributed by atoms with E-state index in [0.717, 1.165) is 0 Å². The molecule has 102 valence electrons. The number of benzene rings is 2. The number of ketones is 1. The third-order valence-electron chi connectivity index (χ3n) is 2.59. The second-order valence-electron chi connectivity index (χ2n) is 3.99. The zero-order valence-electron chi connectivity index (χ0n) is 10.3. The van der Waals surface area contributed by atoms with Crippen LogP contribution in [0.5, 0.6) is 0 Å². The molecular weight excluding hydrogens is 299 g/mol. The molecule has 0 bridgehead atoms. The van der Waals surface area contributed by atoms with Crippen molar-refractivity contribution in [1.29, 1.82) is 0 Å². The van der Waals surface area contributed by atoms with E-state index in [1.54, 1.807) is 30.3 Å². The lowest BCUT2D eigenvalue weighted by Crippen LogP contribution is -2.14. The molecule has 0 saturated carbocycles. The molecule has 2 aromatic rings. The smallest absolute Gasteiger partial charge is 0.338 e. The van der Waals surface area contributed by atoms with Gasteiger partial charge in [0, 0.05) is 5.56 Å². The van der Waals surface area contributed by atoms with Crippen molar-refractivity contribution >= 4 is 35.0 Å². The van der Waals surface area contributed by atoms with Gasteiger partial charge in [-0.25, -0.2) is 4.79 Å². The minimum absolute atomic E-state index is 0.250. The molecule has 0 radical (unpaired) electrons. The first-order chi connectivity index (χ1) is 9.58. The van der Waals surface area contributed by atoms with Gasteiger partial charge < -0.3 is 4.74 Å². The standard InChI is InChI=1S/C15H10Cl2O3/c16-12-7-6-11(8-13(12)17)15(19)20-9-14(18)10-4-2-1-3-5-10/h1-8H,9H2. The Kier molecular flexibility index (Phi) is 4.77. The number of esters is 1. The van der Waals surface area contributed by atoms with Crippen LogP contribution in [0.2, 0.25) is 10.0 Å². The van der Waals surface area contributed by atoms with E-state index in [4.69, 9.17) is 27.9 Å². The lowest BCUT2D eigenvalue weighted by atomic mass is 10.1. The average molecular weight is 309 g/mol. The van der Waals surface area contributed by atoms with E-state index in [9.17, 15) is 9.59 Å². The van der Waals surface area contributed by atoms with Gasteiger partial charge >= 0.3 is 5.97 Å². The van der Waals surface area contributed by atoms with Crippen molar-refractivity contribution in [2.75, 3.05) is 6.61 Å². The van der Waals surface area contributed by atoms with Crippen molar-refractivity contribution in [3.8, 4) is 0 Å². The summed E-state index contributed by atoms with van der Waals surface area (Å²) in [7, 11) is 0. The first-order valence-electron chi connectivity index (χ1n) is 5.78. The van der Waals surface area contributed by atoms with Gasteiger partial charge in [-0.3, -0.25) is 4.79 Å². The van der Waals surface area contributed by atoms with Crippen LogP contribution in [0.25, 0.3) is 0 Å². The lowest BCUT2D eigenvalue weighted by molar-refractivity contribution is 0.0475. The van der Waals surface area contributed by atoms with Crippen LogP contribution in [-0.4, -0.2) is 18.4 Å². The van der Waals surface area contributed by atoms with Crippen LogP contribution in [-0.2, 0) is 4.74 Å². The first kappa shape index (κ1) is 14.6. The molecule has 20 heavy (non-hydrogen) atoms. The Balaban J connectivity index is 1.98. The summed E-state index contributed by atoms with van der Waals surface area (Å²) in [6.45, 7) is -0.316. The summed E-state index contributed by atoms with van der Waals surface area (Å²) in [6.07, 6.45) is 0. The maximum Gasteiger partial charge on any atom is 0.338 e. The summed E-state index contributed by atoms with van der Waals surface area (Å²) in [5, 5.41) is 0.610. The maximum absolute atomic E-state index is 11.8. The van der Waals surface area contributed by atoms with Crippen molar-refractivity contribution < 1.29 is 14.3 Å². The van der Waals surface area contributed by atoms with Crippen molar-refractivity contribution in [1.82, 2.24) is 0 Å². The lowest BCUT2D eigenvalue weighted by Gasteiger charge is -2.05. The number of Topliss-reactive ketones (excluding diaryl/α,β-unsaturated/α-hetero) is 1. The second-order valence-corrected chi connectivity index (χ2v) is 4.81. The summed E-state index contributed by atoms with van der Waals surface area (Å²) in [6, 6.07) is 13.0. The van der Waals surface area contributed by atoms with Crippen LogP contribution < -0.4 is 0 Å². The second kappa shape index (κ2) is 6.55. The number of rotatable bonds is 4. The predicted octanol–water partition coefficient (Wildman–Crippen LogP) is 4.03. The molecule has 3 nitrogen and oxygen atoms in total. The summed E-state index contributed by atoms with van der Waals surface area (Å²) >= 11 is 11.6. The predicted molar refractivity (Wildman–Crippen MR) is 77.5 cm³/mol. The molecule has 0 atom stereocenters. The Morgan fingerprint density at radius 3 is 2.25 bits per heavy atom. The zero-order chi connectivity index (χ0) is 14.5. The van der Waals surface area contributed by atoms with Crippen molar-refractivity contribution in [2.45, 2.75) is 0 Å². The summed E-state index contributed by atoms with van der Waals surface area (Å²) < 4.78 is 4.95. The molecule has 2 rings (SSSR count). The first-order valence-corrected chi connectivity index (χ1v) is 6.54. The fourth-order valence-electron chi connectivity index (χ4n) is 1.54. The summed E-state index contributed by atoms with van der Waals surface area (Å²) in [5.74, 6) is -0.883. The van der Waals surface area contributed by atoms with E-state index in [0.29, 0.717) is 10.6 Å². The molecular formula is C15H10Cl2O3. The van der Waals surface area contributed by atoms with Crippen LogP contribution in [0.15, 0.2) is 48.5 Å². The molecule has 0 amide bonds. The number of carbonyl (C=O) groups is 2. The number of hydrogen-bond donors (Lipinski definition) is 0. The Hall–Kier alpha value is -1.84. The molecule has 2 aromatic carbocycles. The molecule has 0 spiro atoms. The Labute approximate surface area is 126 Å². The van der Waals surface area contributed by atoms with Gasteiger partial charge in [-0.1, -0.05) is 53.5 Å². The minimum atomic E-state index is -0.618. The fraction of sp³-hybridized carbons (Fsp3) is 0.0667. The van der Waals surface area contributed by atoms with Gasteiger partial charge in [0.2, 0.25) is 0 Å². The normalized spacial score (nSPS) is 10.1. The quantitative estimate of drug-likeness (QED) is 0.632. The SMILES string of the molecule is O=C(COC(=O)c1ccc(Cl)c(Cl)c1)c1ccccc1. The molecule has 0 aliphatic carbocycles. The van der Waals surface area contributed by atoms with Crippen LogP contribution in [0.3, 0.4) is 0 Å². The molecule has 0 heterocycles. The molecule has 0 aromatic heterocycles. The van der Waals surface area contributed by atoms with Gasteiger partial charge in [-0.15, -0.1) is 0 Å². The van der Waals surface area contributed by atoms with Gasteiger partial charge in [0.1, 0.15) is 0 Å². The summed E-state index contributed by atoms with van der Waals surface area (Å²) in [4.78, 5) is 23.5. The van der Waals surface area contributed by atoms with Crippen LogP contribution >= 0.6 is 23.2 Å². The zero-order valence-corrected chi connectivity index (χ0v) is 11.8. The molecule has 0 aliphatic rings. The van der Waals surface area contributed by atoms with Crippen molar-refractivity contribution in [3.05, 3.63) is 69.7 Å². The van der Waals surface area contributed by atoms with Gasteiger partial charge in [-0.05, 0) is 18.2 Å². The van der Waals surface area contributed by atoms with Crippen molar-refractivity contribution in [3.63, 3.8) is 0 Å². The number of carbonyl (C=O) groups excluding carboxylic acids is 2.